The van der Waals surface area contributed by atoms with Crippen LogP contribution in [-0.4, -0.2) is 47.8 Å². The van der Waals surface area contributed by atoms with Gasteiger partial charge in [0.15, 0.2) is 6.61 Å². The quantitative estimate of drug-likeness (QED) is 0.450. The molecule has 168 valence electrons. The van der Waals surface area contributed by atoms with E-state index in [1.165, 1.54) is 0 Å². The third-order valence-electron chi connectivity index (χ3n) is 5.03. The van der Waals surface area contributed by atoms with Crippen molar-refractivity contribution < 1.29 is 28.7 Å². The van der Waals surface area contributed by atoms with Gasteiger partial charge in [0.05, 0.1) is 17.7 Å². The van der Waals surface area contributed by atoms with Crippen molar-refractivity contribution in [2.75, 3.05) is 18.5 Å². The summed E-state index contributed by atoms with van der Waals surface area (Å²) in [6.45, 7) is 3.82. The molecule has 1 aliphatic rings. The maximum Gasteiger partial charge on any atom is 0.329 e. The van der Waals surface area contributed by atoms with Crippen molar-refractivity contribution in [3.8, 4) is 5.75 Å². The van der Waals surface area contributed by atoms with Gasteiger partial charge in [-0.1, -0.05) is 31.9 Å². The summed E-state index contributed by atoms with van der Waals surface area (Å²) < 4.78 is 10.5. The van der Waals surface area contributed by atoms with E-state index in [4.69, 9.17) is 9.47 Å². The van der Waals surface area contributed by atoms with Gasteiger partial charge < -0.3 is 14.8 Å². The summed E-state index contributed by atoms with van der Waals surface area (Å²) in [4.78, 5) is 51.5. The zero-order valence-corrected chi connectivity index (χ0v) is 18.1. The molecule has 0 radical (unpaired) electrons. The van der Waals surface area contributed by atoms with Gasteiger partial charge in [-0.05, 0) is 49.7 Å². The lowest BCUT2D eigenvalue weighted by Gasteiger charge is -2.24. The van der Waals surface area contributed by atoms with Crippen LogP contribution in [0.25, 0.3) is 0 Å². The van der Waals surface area contributed by atoms with Gasteiger partial charge in [0.1, 0.15) is 11.8 Å². The van der Waals surface area contributed by atoms with E-state index in [0.29, 0.717) is 24.5 Å². The number of carbonyl (C=O) groups is 4. The molecule has 3 rings (SSSR count). The molecule has 3 amide bonds. The van der Waals surface area contributed by atoms with Gasteiger partial charge in [-0.2, -0.15) is 0 Å². The number of hydrogen-bond donors (Lipinski definition) is 1. The largest absolute Gasteiger partial charge is 0.494 e. The van der Waals surface area contributed by atoms with Crippen LogP contribution in [0.5, 0.6) is 5.75 Å². The third kappa shape index (κ3) is 5.14. The van der Waals surface area contributed by atoms with Crippen molar-refractivity contribution in [3.63, 3.8) is 0 Å². The first-order valence-corrected chi connectivity index (χ1v) is 10.6. The van der Waals surface area contributed by atoms with Crippen LogP contribution in [0.15, 0.2) is 48.5 Å². The monoisotopic (exact) mass is 438 g/mol. The molecule has 2 aromatic carbocycles. The second-order valence-electron chi connectivity index (χ2n) is 7.30. The molecule has 8 heteroatoms. The predicted molar refractivity (Wildman–Crippen MR) is 117 cm³/mol. The number of nitrogens with one attached hydrogen (secondary N) is 1. The van der Waals surface area contributed by atoms with Crippen molar-refractivity contribution >= 4 is 29.4 Å². The molecule has 2 aromatic rings. The Kier molecular flexibility index (Phi) is 7.59. The molecule has 1 aliphatic heterocycles. The van der Waals surface area contributed by atoms with E-state index in [1.54, 1.807) is 48.5 Å². The lowest BCUT2D eigenvalue weighted by Crippen LogP contribution is -2.46. The Morgan fingerprint density at radius 2 is 1.59 bits per heavy atom. The van der Waals surface area contributed by atoms with Crippen LogP contribution < -0.4 is 10.1 Å². The van der Waals surface area contributed by atoms with Crippen molar-refractivity contribution in [2.24, 2.45) is 0 Å². The Morgan fingerprint density at radius 1 is 0.969 bits per heavy atom. The summed E-state index contributed by atoms with van der Waals surface area (Å²) in [6.07, 6.45) is 1.65. The van der Waals surface area contributed by atoms with E-state index in [-0.39, 0.29) is 17.5 Å². The minimum Gasteiger partial charge on any atom is -0.494 e. The molecule has 0 aliphatic carbocycles. The molecular weight excluding hydrogens is 412 g/mol. The van der Waals surface area contributed by atoms with Crippen molar-refractivity contribution in [1.82, 2.24) is 4.90 Å². The Hall–Kier alpha value is -3.68. The van der Waals surface area contributed by atoms with Gasteiger partial charge in [-0.25, -0.2) is 4.79 Å². The van der Waals surface area contributed by atoms with Gasteiger partial charge in [0.25, 0.3) is 17.7 Å². The average molecular weight is 438 g/mol. The number of ether oxygens (including phenoxy) is 2. The first-order chi connectivity index (χ1) is 15.5. The average Bonchev–Trinajstić information content (AvgIpc) is 3.05. The minimum atomic E-state index is -1.08. The maximum absolute atomic E-state index is 12.8. The highest BCUT2D eigenvalue weighted by molar-refractivity contribution is 6.22. The van der Waals surface area contributed by atoms with Crippen LogP contribution in [-0.2, 0) is 14.3 Å². The minimum absolute atomic E-state index is 0.264. The number of rotatable bonds is 10. The molecule has 8 nitrogen and oxygen atoms in total. The smallest absolute Gasteiger partial charge is 0.329 e. The summed E-state index contributed by atoms with van der Waals surface area (Å²) in [5.74, 6) is -1.68. The number of benzene rings is 2. The Bertz CT molecular complexity index is 967. The Balaban J connectivity index is 1.63. The number of imide groups is 1. The number of fused-ring (bicyclic) bond motifs is 1. The molecular formula is C24H26N2O6. The second kappa shape index (κ2) is 10.6. The fourth-order valence-electron chi connectivity index (χ4n) is 3.47. The van der Waals surface area contributed by atoms with E-state index >= 15 is 0 Å². The molecule has 0 unspecified atom stereocenters. The van der Waals surface area contributed by atoms with Gasteiger partial charge in [0, 0.05) is 5.69 Å². The number of anilines is 1. The second-order valence-corrected chi connectivity index (χ2v) is 7.30. The SMILES string of the molecule is CCCC[C@H](C(=O)OCC(=O)Nc1ccc(OCC)cc1)N1C(=O)c2ccccc2C1=O. The third-order valence-corrected chi connectivity index (χ3v) is 5.03. The van der Waals surface area contributed by atoms with Crippen LogP contribution in [0, 0.1) is 0 Å². The Labute approximate surface area is 186 Å². The standard InChI is InChI=1S/C24H26N2O6/c1-3-5-10-20(26-22(28)18-8-6-7-9-19(18)23(26)29)24(30)32-15-21(27)25-16-11-13-17(14-12-16)31-4-2/h6-9,11-14,20H,3-5,10,15H2,1-2H3,(H,25,27)/t20-/m1/s1. The summed E-state index contributed by atoms with van der Waals surface area (Å²) in [5.41, 5.74) is 1.05. The first-order valence-electron chi connectivity index (χ1n) is 10.6. The maximum atomic E-state index is 12.8. The van der Waals surface area contributed by atoms with Crippen molar-refractivity contribution in [3.05, 3.63) is 59.7 Å². The number of amides is 3. The highest BCUT2D eigenvalue weighted by Gasteiger charge is 2.43. The van der Waals surface area contributed by atoms with Gasteiger partial charge >= 0.3 is 5.97 Å². The van der Waals surface area contributed by atoms with Crippen LogP contribution in [0.2, 0.25) is 0 Å². The van der Waals surface area contributed by atoms with Gasteiger partial charge in [0.2, 0.25) is 0 Å². The number of nitrogens with zero attached hydrogens (tertiary/aromatic N) is 1. The molecule has 0 saturated heterocycles. The summed E-state index contributed by atoms with van der Waals surface area (Å²) in [7, 11) is 0. The molecule has 1 atom stereocenters. The number of unbranched alkanes of at least 4 members (excludes halogenated alkanes) is 1. The molecule has 1 N–H and O–H groups in total. The van der Waals surface area contributed by atoms with Crippen LogP contribution >= 0.6 is 0 Å². The molecule has 0 saturated carbocycles. The van der Waals surface area contributed by atoms with Gasteiger partial charge in [-0.15, -0.1) is 0 Å². The normalized spacial score (nSPS) is 13.5. The lowest BCUT2D eigenvalue weighted by molar-refractivity contribution is -0.151. The van der Waals surface area contributed by atoms with Gasteiger partial charge in [-0.3, -0.25) is 19.3 Å². The van der Waals surface area contributed by atoms with E-state index in [2.05, 4.69) is 5.32 Å². The summed E-state index contributed by atoms with van der Waals surface area (Å²) >= 11 is 0. The number of esters is 1. The molecule has 0 aromatic heterocycles. The Morgan fingerprint density at radius 3 is 2.16 bits per heavy atom. The fourth-order valence-corrected chi connectivity index (χ4v) is 3.47. The van der Waals surface area contributed by atoms with E-state index in [0.717, 1.165) is 11.3 Å². The topological polar surface area (TPSA) is 102 Å². The molecule has 0 fully saturated rings. The zero-order chi connectivity index (χ0) is 23.1. The van der Waals surface area contributed by atoms with Crippen LogP contribution in [0.1, 0.15) is 53.8 Å². The number of carbonyl (C=O) groups excluding carboxylic acids is 4. The predicted octanol–water partition coefficient (Wildman–Crippen LogP) is 3.42. The van der Waals surface area contributed by atoms with Crippen LogP contribution in [0.4, 0.5) is 5.69 Å². The summed E-state index contributed by atoms with van der Waals surface area (Å²) in [5, 5.41) is 2.63. The van der Waals surface area contributed by atoms with Crippen molar-refractivity contribution in [1.29, 1.82) is 0 Å². The first kappa shape index (κ1) is 23.0. The zero-order valence-electron chi connectivity index (χ0n) is 18.1. The molecule has 1 heterocycles. The fraction of sp³-hybridized carbons (Fsp3) is 0.333. The number of hydrogen-bond acceptors (Lipinski definition) is 6. The van der Waals surface area contributed by atoms with E-state index in [9.17, 15) is 19.2 Å². The van der Waals surface area contributed by atoms with Crippen LogP contribution in [0.3, 0.4) is 0 Å². The lowest BCUT2D eigenvalue weighted by atomic mass is 10.1. The molecule has 0 bridgehead atoms. The molecule has 0 spiro atoms. The van der Waals surface area contributed by atoms with E-state index in [1.807, 2.05) is 13.8 Å². The van der Waals surface area contributed by atoms with Crippen molar-refractivity contribution in [2.45, 2.75) is 39.2 Å². The highest BCUT2D eigenvalue weighted by atomic mass is 16.5. The molecule has 32 heavy (non-hydrogen) atoms. The van der Waals surface area contributed by atoms with E-state index < -0.39 is 36.3 Å². The highest BCUT2D eigenvalue weighted by Crippen LogP contribution is 2.27. The summed E-state index contributed by atoms with van der Waals surface area (Å²) in [6, 6.07) is 12.1.